The molecule has 178 valence electrons. The van der Waals surface area contributed by atoms with Crippen LogP contribution in [-0.2, 0) is 22.5 Å². The zero-order valence-corrected chi connectivity index (χ0v) is 19.4. The molecule has 0 atom stereocenters. The molecule has 1 N–H and O–H groups in total. The van der Waals surface area contributed by atoms with Crippen molar-refractivity contribution in [2.45, 2.75) is 19.9 Å². The smallest absolute Gasteiger partial charge is 0.226 e. The average molecular weight is 464 g/mol. The average Bonchev–Trinajstić information content (AvgIpc) is 2.84. The molecule has 1 saturated heterocycles. The number of ether oxygens (including phenoxy) is 2. The van der Waals surface area contributed by atoms with Gasteiger partial charge in [-0.15, -0.1) is 0 Å². The number of aryl methyl sites for hydroxylation is 1. The number of hydrogen-bond donors (Lipinski definition) is 1. The summed E-state index contributed by atoms with van der Waals surface area (Å²) in [6.07, 6.45) is 1.51. The van der Waals surface area contributed by atoms with Crippen LogP contribution >= 0.6 is 0 Å². The number of halogens is 1. The Kier molecular flexibility index (Phi) is 8.22. The van der Waals surface area contributed by atoms with E-state index in [1.165, 1.54) is 12.3 Å². The summed E-state index contributed by atoms with van der Waals surface area (Å²) >= 11 is 0. The Morgan fingerprint density at radius 2 is 1.94 bits per heavy atom. The molecule has 2 heterocycles. The topological polar surface area (TPSA) is 63.7 Å². The van der Waals surface area contributed by atoms with Gasteiger partial charge in [-0.1, -0.05) is 42.0 Å². The van der Waals surface area contributed by atoms with Gasteiger partial charge in [-0.3, -0.25) is 14.7 Å². The molecule has 2 aromatic carbocycles. The van der Waals surface area contributed by atoms with E-state index in [1.54, 1.807) is 0 Å². The molecule has 0 radical (unpaired) electrons. The number of amides is 1. The van der Waals surface area contributed by atoms with Gasteiger partial charge in [0, 0.05) is 37.9 Å². The van der Waals surface area contributed by atoms with Crippen molar-refractivity contribution < 1.29 is 18.7 Å². The third-order valence-electron chi connectivity index (χ3n) is 5.77. The van der Waals surface area contributed by atoms with Crippen LogP contribution in [0.3, 0.4) is 0 Å². The van der Waals surface area contributed by atoms with Crippen LogP contribution in [0, 0.1) is 12.7 Å². The fourth-order valence-corrected chi connectivity index (χ4v) is 3.88. The molecule has 1 aromatic heterocycles. The van der Waals surface area contributed by atoms with Gasteiger partial charge in [-0.2, -0.15) is 0 Å². The predicted molar refractivity (Wildman–Crippen MR) is 129 cm³/mol. The maximum atomic E-state index is 14.8. The molecule has 1 aliphatic heterocycles. The summed E-state index contributed by atoms with van der Waals surface area (Å²) in [6, 6.07) is 16.6. The van der Waals surface area contributed by atoms with Crippen molar-refractivity contribution in [1.82, 2.24) is 15.2 Å². The van der Waals surface area contributed by atoms with Crippen molar-refractivity contribution in [3.63, 3.8) is 0 Å². The maximum Gasteiger partial charge on any atom is 0.226 e. The maximum absolute atomic E-state index is 14.8. The standard InChI is InChI=1S/C27H30FN3O3/c1-20-3-2-4-21(15-20)18-30-27(32)17-23-16-26(28)25(19-29-23)22-5-7-24(8-6-22)34-14-11-31-9-12-33-13-10-31/h2-8,15-16,19H,9-14,17-18H2,1H3,(H,30,32). The van der Waals surface area contributed by atoms with Gasteiger partial charge in [0.2, 0.25) is 5.91 Å². The molecule has 1 aliphatic rings. The van der Waals surface area contributed by atoms with E-state index in [0.29, 0.717) is 30.0 Å². The third-order valence-corrected chi connectivity index (χ3v) is 5.77. The highest BCUT2D eigenvalue weighted by molar-refractivity contribution is 5.78. The van der Waals surface area contributed by atoms with Gasteiger partial charge in [-0.25, -0.2) is 4.39 Å². The molecular weight excluding hydrogens is 433 g/mol. The molecule has 4 rings (SSSR count). The minimum Gasteiger partial charge on any atom is -0.492 e. The van der Waals surface area contributed by atoms with Crippen molar-refractivity contribution in [3.8, 4) is 16.9 Å². The van der Waals surface area contributed by atoms with Gasteiger partial charge in [0.15, 0.2) is 0 Å². The fraction of sp³-hybridized carbons (Fsp3) is 0.333. The number of nitrogens with zero attached hydrogens (tertiary/aromatic N) is 2. The second-order valence-corrected chi connectivity index (χ2v) is 8.42. The molecule has 6 nitrogen and oxygen atoms in total. The Labute approximate surface area is 199 Å². The van der Waals surface area contributed by atoms with E-state index < -0.39 is 5.82 Å². The monoisotopic (exact) mass is 463 g/mol. The Bertz CT molecular complexity index is 1100. The quantitative estimate of drug-likeness (QED) is 0.524. The third kappa shape index (κ3) is 6.85. The first-order valence-corrected chi connectivity index (χ1v) is 11.6. The van der Waals surface area contributed by atoms with E-state index in [1.807, 2.05) is 55.5 Å². The Balaban J connectivity index is 1.28. The lowest BCUT2D eigenvalue weighted by Gasteiger charge is -2.26. The predicted octanol–water partition coefficient (Wildman–Crippen LogP) is 3.77. The second kappa shape index (κ2) is 11.7. The van der Waals surface area contributed by atoms with Crippen molar-refractivity contribution in [2.24, 2.45) is 0 Å². The van der Waals surface area contributed by atoms with Crippen LogP contribution in [0.1, 0.15) is 16.8 Å². The highest BCUT2D eigenvalue weighted by Crippen LogP contribution is 2.25. The molecule has 0 bridgehead atoms. The summed E-state index contributed by atoms with van der Waals surface area (Å²) in [5.74, 6) is 0.143. The van der Waals surface area contributed by atoms with Crippen LogP contribution in [0.5, 0.6) is 5.75 Å². The number of carbonyl (C=O) groups is 1. The van der Waals surface area contributed by atoms with Gasteiger partial charge >= 0.3 is 0 Å². The van der Waals surface area contributed by atoms with Crippen LogP contribution in [0.2, 0.25) is 0 Å². The summed E-state index contributed by atoms with van der Waals surface area (Å²) in [6.45, 7) is 7.28. The fourth-order valence-electron chi connectivity index (χ4n) is 3.88. The number of rotatable bonds is 9. The molecule has 1 fully saturated rings. The van der Waals surface area contributed by atoms with Gasteiger partial charge in [0.25, 0.3) is 0 Å². The van der Waals surface area contributed by atoms with Crippen LogP contribution in [0.4, 0.5) is 4.39 Å². The Morgan fingerprint density at radius 3 is 2.68 bits per heavy atom. The molecular formula is C27H30FN3O3. The van der Waals surface area contributed by atoms with Crippen molar-refractivity contribution in [2.75, 3.05) is 39.5 Å². The summed E-state index contributed by atoms with van der Waals surface area (Å²) < 4.78 is 25.9. The Hall–Kier alpha value is -3.29. The number of benzene rings is 2. The van der Waals surface area contributed by atoms with Crippen molar-refractivity contribution >= 4 is 5.91 Å². The van der Waals surface area contributed by atoms with Gasteiger partial charge in [0.1, 0.15) is 18.2 Å². The molecule has 0 spiro atoms. The lowest BCUT2D eigenvalue weighted by atomic mass is 10.1. The summed E-state index contributed by atoms with van der Waals surface area (Å²) in [5.41, 5.74) is 3.66. The van der Waals surface area contributed by atoms with E-state index >= 15 is 0 Å². The SMILES string of the molecule is Cc1cccc(CNC(=O)Cc2cc(F)c(-c3ccc(OCCN4CCOCC4)cc3)cn2)c1. The first kappa shape index (κ1) is 23.9. The largest absolute Gasteiger partial charge is 0.492 e. The van der Waals surface area contributed by atoms with Gasteiger partial charge < -0.3 is 14.8 Å². The molecule has 34 heavy (non-hydrogen) atoms. The number of pyridine rings is 1. The molecule has 0 saturated carbocycles. The summed E-state index contributed by atoms with van der Waals surface area (Å²) in [5, 5.41) is 2.86. The highest BCUT2D eigenvalue weighted by atomic mass is 19.1. The lowest BCUT2D eigenvalue weighted by molar-refractivity contribution is -0.120. The summed E-state index contributed by atoms with van der Waals surface area (Å²) in [7, 11) is 0. The van der Waals surface area contributed by atoms with E-state index in [4.69, 9.17) is 9.47 Å². The number of hydrogen-bond acceptors (Lipinski definition) is 5. The molecule has 7 heteroatoms. The van der Waals surface area contributed by atoms with Gasteiger partial charge in [0.05, 0.1) is 25.3 Å². The zero-order chi connectivity index (χ0) is 23.8. The normalized spacial score (nSPS) is 14.1. The molecule has 0 unspecified atom stereocenters. The van der Waals surface area contributed by atoms with Crippen molar-refractivity contribution in [3.05, 3.63) is 83.4 Å². The van der Waals surface area contributed by atoms with Crippen LogP contribution in [0.15, 0.2) is 60.8 Å². The Morgan fingerprint density at radius 1 is 1.15 bits per heavy atom. The minimum absolute atomic E-state index is 0.0267. The second-order valence-electron chi connectivity index (χ2n) is 8.42. The molecule has 3 aromatic rings. The first-order chi connectivity index (χ1) is 16.6. The van der Waals surface area contributed by atoms with Crippen LogP contribution < -0.4 is 10.1 Å². The van der Waals surface area contributed by atoms with E-state index in [0.717, 1.165) is 49.7 Å². The minimum atomic E-state index is -0.405. The van der Waals surface area contributed by atoms with Crippen molar-refractivity contribution in [1.29, 1.82) is 0 Å². The van der Waals surface area contributed by atoms with E-state index in [-0.39, 0.29) is 12.3 Å². The van der Waals surface area contributed by atoms with Crippen LogP contribution in [0.25, 0.3) is 11.1 Å². The first-order valence-electron chi connectivity index (χ1n) is 11.6. The van der Waals surface area contributed by atoms with Gasteiger partial charge in [-0.05, 0) is 36.2 Å². The number of aromatic nitrogens is 1. The number of nitrogens with one attached hydrogen (secondary N) is 1. The lowest BCUT2D eigenvalue weighted by Crippen LogP contribution is -2.38. The molecule has 1 amide bonds. The molecule has 0 aliphatic carbocycles. The van der Waals surface area contributed by atoms with Crippen LogP contribution in [-0.4, -0.2) is 55.2 Å². The zero-order valence-electron chi connectivity index (χ0n) is 19.4. The number of morpholine rings is 1. The number of carbonyl (C=O) groups excluding carboxylic acids is 1. The highest BCUT2D eigenvalue weighted by Gasteiger charge is 2.12. The van der Waals surface area contributed by atoms with E-state index in [9.17, 15) is 9.18 Å². The summed E-state index contributed by atoms with van der Waals surface area (Å²) in [4.78, 5) is 18.9. The van der Waals surface area contributed by atoms with E-state index in [2.05, 4.69) is 15.2 Å².